The average molecular weight is 201 g/mol. The van der Waals surface area contributed by atoms with Crippen molar-refractivity contribution in [3.05, 3.63) is 12.2 Å². The van der Waals surface area contributed by atoms with Crippen LogP contribution in [0.3, 0.4) is 0 Å². The monoisotopic (exact) mass is 201 g/mol. The van der Waals surface area contributed by atoms with E-state index in [1.54, 1.807) is 0 Å². The lowest BCUT2D eigenvalue weighted by atomic mass is 10.1. The van der Waals surface area contributed by atoms with E-state index < -0.39 is 6.43 Å². The fourth-order valence-corrected chi connectivity index (χ4v) is 2.78. The summed E-state index contributed by atoms with van der Waals surface area (Å²) >= 11 is 0. The van der Waals surface area contributed by atoms with Gasteiger partial charge >= 0.3 is 0 Å². The Morgan fingerprint density at radius 2 is 2.21 bits per heavy atom. The van der Waals surface area contributed by atoms with Gasteiger partial charge in [0.1, 0.15) is 0 Å². The number of rotatable bonds is 3. The van der Waals surface area contributed by atoms with E-state index in [0.717, 1.165) is 19.4 Å². The highest BCUT2D eigenvalue weighted by atomic mass is 19.3. The first kappa shape index (κ1) is 10.1. The molecule has 1 nitrogen and oxygen atoms in total. The minimum absolute atomic E-state index is 0.0559. The molecule has 0 amide bonds. The second-order valence-electron chi connectivity index (χ2n) is 4.48. The van der Waals surface area contributed by atoms with Crippen LogP contribution in [0.2, 0.25) is 0 Å². The van der Waals surface area contributed by atoms with Gasteiger partial charge in [0, 0.05) is 25.0 Å². The van der Waals surface area contributed by atoms with E-state index in [-0.39, 0.29) is 6.42 Å². The smallest absolute Gasteiger partial charge is 0.238 e. The lowest BCUT2D eigenvalue weighted by Gasteiger charge is -2.23. The van der Waals surface area contributed by atoms with Gasteiger partial charge in [-0.2, -0.15) is 0 Å². The Bertz CT molecular complexity index is 227. The Hall–Kier alpha value is -0.440. The van der Waals surface area contributed by atoms with Crippen LogP contribution < -0.4 is 0 Å². The molecular formula is C11H17F2N. The molecule has 0 radical (unpaired) electrons. The number of hydrogen-bond acceptors (Lipinski definition) is 1. The van der Waals surface area contributed by atoms with Gasteiger partial charge in [0.05, 0.1) is 0 Å². The summed E-state index contributed by atoms with van der Waals surface area (Å²) in [7, 11) is 0. The molecule has 0 spiro atoms. The minimum Gasteiger partial charge on any atom is -0.293 e. The predicted octanol–water partition coefficient (Wildman–Crippen LogP) is 2.82. The van der Waals surface area contributed by atoms with E-state index in [4.69, 9.17) is 0 Å². The van der Waals surface area contributed by atoms with Crippen molar-refractivity contribution in [2.24, 2.45) is 0 Å². The normalized spacial score (nSPS) is 32.9. The third kappa shape index (κ3) is 1.97. The van der Waals surface area contributed by atoms with Crippen molar-refractivity contribution in [2.45, 2.75) is 50.6 Å². The highest BCUT2D eigenvalue weighted by molar-refractivity contribution is 5.11. The number of hydrogen-bond donors (Lipinski definition) is 0. The standard InChI is InChI=1S/C11H17F2N/c1-8-6-10-3-2-9(14(10)7-8)4-5-11(12)13/h9-11H,1-7H2/t9-,10-/m0/s1. The Morgan fingerprint density at radius 1 is 1.43 bits per heavy atom. The van der Waals surface area contributed by atoms with Crippen molar-refractivity contribution in [3.8, 4) is 0 Å². The van der Waals surface area contributed by atoms with Gasteiger partial charge in [0.25, 0.3) is 0 Å². The van der Waals surface area contributed by atoms with Gasteiger partial charge in [-0.1, -0.05) is 12.2 Å². The first-order valence-corrected chi connectivity index (χ1v) is 5.37. The molecule has 0 aromatic heterocycles. The van der Waals surface area contributed by atoms with Gasteiger partial charge in [-0.3, -0.25) is 4.90 Å². The Kier molecular flexibility index (Phi) is 2.86. The van der Waals surface area contributed by atoms with E-state index in [1.165, 1.54) is 12.0 Å². The molecule has 0 saturated carbocycles. The molecule has 2 atom stereocenters. The maximum Gasteiger partial charge on any atom is 0.238 e. The fraction of sp³-hybridized carbons (Fsp3) is 0.818. The van der Waals surface area contributed by atoms with Crippen molar-refractivity contribution in [1.82, 2.24) is 4.90 Å². The molecule has 14 heavy (non-hydrogen) atoms. The maximum atomic E-state index is 12.1. The van der Waals surface area contributed by atoms with Crippen molar-refractivity contribution < 1.29 is 8.78 Å². The molecule has 2 fully saturated rings. The third-order valence-corrected chi connectivity index (χ3v) is 3.42. The largest absolute Gasteiger partial charge is 0.293 e. The van der Waals surface area contributed by atoms with Crippen LogP contribution in [0.5, 0.6) is 0 Å². The number of fused-ring (bicyclic) bond motifs is 1. The maximum absolute atomic E-state index is 12.1. The summed E-state index contributed by atoms with van der Waals surface area (Å²) in [5.74, 6) is 0. The van der Waals surface area contributed by atoms with Crippen LogP contribution in [-0.4, -0.2) is 30.0 Å². The first-order valence-electron chi connectivity index (χ1n) is 5.37. The van der Waals surface area contributed by atoms with Crippen LogP contribution in [-0.2, 0) is 0 Å². The quantitative estimate of drug-likeness (QED) is 0.635. The van der Waals surface area contributed by atoms with Crippen molar-refractivity contribution in [1.29, 1.82) is 0 Å². The lowest BCUT2D eigenvalue weighted by Crippen LogP contribution is -2.31. The zero-order valence-corrected chi connectivity index (χ0v) is 8.38. The average Bonchev–Trinajstić information content (AvgIpc) is 2.60. The van der Waals surface area contributed by atoms with Gasteiger partial charge in [0.15, 0.2) is 0 Å². The van der Waals surface area contributed by atoms with Crippen LogP contribution in [0, 0.1) is 0 Å². The van der Waals surface area contributed by atoms with Gasteiger partial charge in [-0.15, -0.1) is 0 Å². The van der Waals surface area contributed by atoms with E-state index in [2.05, 4.69) is 11.5 Å². The zero-order chi connectivity index (χ0) is 10.1. The van der Waals surface area contributed by atoms with Crippen LogP contribution in [0.1, 0.15) is 32.1 Å². The number of alkyl halides is 2. The predicted molar refractivity (Wildman–Crippen MR) is 52.5 cm³/mol. The van der Waals surface area contributed by atoms with Gasteiger partial charge in [0.2, 0.25) is 6.43 Å². The van der Waals surface area contributed by atoms with Crippen LogP contribution in [0.15, 0.2) is 12.2 Å². The van der Waals surface area contributed by atoms with E-state index >= 15 is 0 Å². The Balaban J connectivity index is 1.86. The molecule has 2 rings (SSSR count). The van der Waals surface area contributed by atoms with Crippen molar-refractivity contribution in [2.75, 3.05) is 6.54 Å². The summed E-state index contributed by atoms with van der Waals surface area (Å²) in [6.07, 6.45) is 1.93. The summed E-state index contributed by atoms with van der Waals surface area (Å²) in [5, 5.41) is 0. The summed E-state index contributed by atoms with van der Waals surface area (Å²) in [6.45, 7) is 4.92. The highest BCUT2D eigenvalue weighted by Crippen LogP contribution is 2.36. The molecule has 0 N–H and O–H groups in total. The van der Waals surface area contributed by atoms with Crippen LogP contribution in [0.25, 0.3) is 0 Å². The molecular weight excluding hydrogens is 184 g/mol. The van der Waals surface area contributed by atoms with Gasteiger partial charge < -0.3 is 0 Å². The van der Waals surface area contributed by atoms with Gasteiger partial charge in [-0.25, -0.2) is 8.78 Å². The van der Waals surface area contributed by atoms with Gasteiger partial charge in [-0.05, 0) is 25.7 Å². The summed E-state index contributed by atoms with van der Waals surface area (Å²) in [6, 6.07) is 1.01. The first-order chi connectivity index (χ1) is 6.66. The van der Waals surface area contributed by atoms with E-state index in [1.807, 2.05) is 0 Å². The molecule has 2 heterocycles. The van der Waals surface area contributed by atoms with Crippen molar-refractivity contribution in [3.63, 3.8) is 0 Å². The molecule has 0 bridgehead atoms. The van der Waals surface area contributed by atoms with Crippen LogP contribution >= 0.6 is 0 Å². The second-order valence-corrected chi connectivity index (χ2v) is 4.48. The molecule has 0 unspecified atom stereocenters. The Labute approximate surface area is 83.8 Å². The molecule has 0 aliphatic carbocycles. The minimum atomic E-state index is -2.14. The molecule has 0 aromatic rings. The Morgan fingerprint density at radius 3 is 2.93 bits per heavy atom. The number of nitrogens with zero attached hydrogens (tertiary/aromatic N) is 1. The molecule has 2 aliphatic heterocycles. The molecule has 3 heteroatoms. The highest BCUT2D eigenvalue weighted by Gasteiger charge is 2.37. The SMILES string of the molecule is C=C1C[C@@H]2CC[C@@H](CCC(F)F)N2C1. The zero-order valence-electron chi connectivity index (χ0n) is 8.38. The fourth-order valence-electron chi connectivity index (χ4n) is 2.78. The third-order valence-electron chi connectivity index (χ3n) is 3.42. The molecule has 2 saturated heterocycles. The lowest BCUT2D eigenvalue weighted by molar-refractivity contribution is 0.119. The van der Waals surface area contributed by atoms with E-state index in [0.29, 0.717) is 18.5 Å². The summed E-state index contributed by atoms with van der Waals surface area (Å²) in [5.41, 5.74) is 1.27. The number of halogens is 2. The molecule has 0 aromatic carbocycles. The summed E-state index contributed by atoms with van der Waals surface area (Å²) < 4.78 is 24.1. The summed E-state index contributed by atoms with van der Waals surface area (Å²) in [4.78, 5) is 2.38. The topological polar surface area (TPSA) is 3.24 Å². The second kappa shape index (κ2) is 3.97. The van der Waals surface area contributed by atoms with Crippen LogP contribution in [0.4, 0.5) is 8.78 Å². The van der Waals surface area contributed by atoms with E-state index in [9.17, 15) is 8.78 Å². The molecule has 2 aliphatic rings. The van der Waals surface area contributed by atoms with Crippen molar-refractivity contribution >= 4 is 0 Å². The molecule has 80 valence electrons.